The summed E-state index contributed by atoms with van der Waals surface area (Å²) in [5.41, 5.74) is 6.10. The van der Waals surface area contributed by atoms with E-state index in [0.29, 0.717) is 24.8 Å². The topological polar surface area (TPSA) is 221 Å². The Kier molecular flexibility index (Phi) is 12.7. The van der Waals surface area contributed by atoms with Gasteiger partial charge in [-0.05, 0) is 24.8 Å². The van der Waals surface area contributed by atoms with E-state index in [4.69, 9.17) is 11.1 Å². The van der Waals surface area contributed by atoms with Crippen molar-refractivity contribution >= 4 is 41.2 Å². The number of Topliss-reactive ketones (excluding diaryl/α,β-unsaturated/α-hetero) is 1. The second kappa shape index (κ2) is 16.0. The van der Waals surface area contributed by atoms with Gasteiger partial charge in [-0.1, -0.05) is 43.7 Å². The molecule has 2 rings (SSSR count). The van der Waals surface area contributed by atoms with Gasteiger partial charge >= 0.3 is 5.97 Å². The summed E-state index contributed by atoms with van der Waals surface area (Å²) in [6.45, 7) is 1.16. The van der Waals surface area contributed by atoms with Crippen LogP contribution < -0.4 is 27.0 Å². The minimum Gasteiger partial charge on any atom is -0.481 e. The summed E-state index contributed by atoms with van der Waals surface area (Å²) in [4.78, 5) is 76.5. The van der Waals surface area contributed by atoms with Crippen molar-refractivity contribution in [2.75, 3.05) is 6.54 Å². The number of rotatable bonds is 10. The standard InChI is InChI=1S/C27H38N6O7/c1-2-18-21(34)13-17(10-6-7-11-22(28)29)25(38)30-15-23(35)31-20(14-24(36)37)27(40)33-19(26(39)32-18)12-16-8-4-3-5-9-16/h3-5,8-9,17-20H,2,6-7,10-15H2,1H3,(H3,28,29)(H,30,38)(H,31,35)(H,32,39)(H,33,40)(H,36,37)/t17-,18+,19-,20-/m1/s1. The number of unbranched alkanes of at least 4 members (excludes halogenated alkanes) is 1. The third-order valence-corrected chi connectivity index (χ3v) is 6.55. The van der Waals surface area contributed by atoms with Gasteiger partial charge in [-0.15, -0.1) is 0 Å². The van der Waals surface area contributed by atoms with Gasteiger partial charge in [-0.25, -0.2) is 0 Å². The van der Waals surface area contributed by atoms with Crippen molar-refractivity contribution in [3.63, 3.8) is 0 Å². The zero-order valence-electron chi connectivity index (χ0n) is 22.5. The molecule has 13 nitrogen and oxygen atoms in total. The fraction of sp³-hybridized carbons (Fsp3) is 0.519. The van der Waals surface area contributed by atoms with Crippen LogP contribution in [0.2, 0.25) is 0 Å². The smallest absolute Gasteiger partial charge is 0.305 e. The highest BCUT2D eigenvalue weighted by Gasteiger charge is 2.32. The Hall–Kier alpha value is -4.29. The van der Waals surface area contributed by atoms with E-state index in [1.807, 2.05) is 0 Å². The van der Waals surface area contributed by atoms with Crippen LogP contribution in [0.25, 0.3) is 0 Å². The minimum atomic E-state index is -1.51. The number of nitrogens with one attached hydrogen (secondary N) is 5. The van der Waals surface area contributed by atoms with Crippen molar-refractivity contribution in [2.45, 2.75) is 76.4 Å². The van der Waals surface area contributed by atoms with E-state index in [0.717, 1.165) is 0 Å². The van der Waals surface area contributed by atoms with E-state index in [1.165, 1.54) is 0 Å². The average molecular weight is 559 g/mol. The lowest BCUT2D eigenvalue weighted by Gasteiger charge is -2.25. The zero-order valence-corrected chi connectivity index (χ0v) is 22.5. The van der Waals surface area contributed by atoms with Gasteiger partial charge in [0.05, 0.1) is 24.8 Å². The van der Waals surface area contributed by atoms with Gasteiger partial charge in [0.15, 0.2) is 5.78 Å². The summed E-state index contributed by atoms with van der Waals surface area (Å²) in [5.74, 6) is -5.45. The van der Waals surface area contributed by atoms with Gasteiger partial charge in [0.1, 0.15) is 12.1 Å². The SMILES string of the molecule is CC[C@@H]1NC(=O)[C@@H](Cc2ccccc2)NC(=O)[C@@H](CC(=O)O)NC(=O)CNC(=O)[C@H](CCCCC(=N)N)CC1=O. The van der Waals surface area contributed by atoms with E-state index >= 15 is 0 Å². The van der Waals surface area contributed by atoms with Crippen LogP contribution >= 0.6 is 0 Å². The Morgan fingerprint density at radius 1 is 0.950 bits per heavy atom. The molecule has 4 amide bonds. The molecule has 218 valence electrons. The van der Waals surface area contributed by atoms with Crippen LogP contribution in [0.4, 0.5) is 0 Å². The zero-order chi connectivity index (χ0) is 29.7. The Morgan fingerprint density at radius 3 is 2.23 bits per heavy atom. The molecular weight excluding hydrogens is 520 g/mol. The predicted molar refractivity (Wildman–Crippen MR) is 145 cm³/mol. The molecule has 13 heteroatoms. The lowest BCUT2D eigenvalue weighted by Crippen LogP contribution is -2.57. The van der Waals surface area contributed by atoms with E-state index in [9.17, 15) is 33.9 Å². The summed E-state index contributed by atoms with van der Waals surface area (Å²) in [5, 5.41) is 26.6. The maximum atomic E-state index is 13.3. The summed E-state index contributed by atoms with van der Waals surface area (Å²) in [7, 11) is 0. The number of carbonyl (C=O) groups is 6. The highest BCUT2D eigenvalue weighted by Crippen LogP contribution is 2.17. The number of amidine groups is 1. The first-order valence-corrected chi connectivity index (χ1v) is 13.3. The van der Waals surface area contributed by atoms with E-state index in [-0.39, 0.29) is 37.3 Å². The summed E-state index contributed by atoms with van der Waals surface area (Å²) in [6, 6.07) is 5.19. The quantitative estimate of drug-likeness (QED) is 0.115. The van der Waals surface area contributed by atoms with Crippen molar-refractivity contribution in [1.29, 1.82) is 5.41 Å². The second-order valence-electron chi connectivity index (χ2n) is 9.79. The molecular formula is C27H38N6O7. The van der Waals surface area contributed by atoms with Crippen LogP contribution in [0.15, 0.2) is 30.3 Å². The molecule has 1 aromatic rings. The Morgan fingerprint density at radius 2 is 1.60 bits per heavy atom. The minimum absolute atomic E-state index is 0.0113. The molecule has 1 aliphatic heterocycles. The summed E-state index contributed by atoms with van der Waals surface area (Å²) in [6.07, 6.45) is 1.00. The van der Waals surface area contributed by atoms with Gasteiger partial charge in [0.2, 0.25) is 23.6 Å². The fourth-order valence-electron chi connectivity index (χ4n) is 4.37. The highest BCUT2D eigenvalue weighted by molar-refractivity contribution is 5.98. The highest BCUT2D eigenvalue weighted by atomic mass is 16.4. The number of carboxylic acids is 1. The number of benzene rings is 1. The molecule has 1 aromatic carbocycles. The summed E-state index contributed by atoms with van der Waals surface area (Å²) >= 11 is 0. The number of ketones is 1. The number of hydrogen-bond acceptors (Lipinski definition) is 7. The number of carbonyl (C=O) groups excluding carboxylic acids is 5. The lowest BCUT2D eigenvalue weighted by atomic mass is 9.91. The van der Waals surface area contributed by atoms with Crippen LogP contribution in [0, 0.1) is 11.3 Å². The van der Waals surface area contributed by atoms with Gasteiger partial charge < -0.3 is 32.1 Å². The first-order chi connectivity index (χ1) is 19.0. The Balaban J connectivity index is 2.36. The normalized spacial score (nSPS) is 23.1. The first kappa shape index (κ1) is 31.9. The van der Waals surface area contributed by atoms with Gasteiger partial charge in [0, 0.05) is 25.2 Å². The molecule has 0 saturated carbocycles. The molecule has 8 N–H and O–H groups in total. The van der Waals surface area contributed by atoms with Crippen LogP contribution in [0.3, 0.4) is 0 Å². The van der Waals surface area contributed by atoms with Crippen molar-refractivity contribution in [3.05, 3.63) is 35.9 Å². The molecule has 0 aliphatic carbocycles. The van der Waals surface area contributed by atoms with Crippen LogP contribution in [0.1, 0.15) is 57.4 Å². The van der Waals surface area contributed by atoms with Gasteiger partial charge in [0.25, 0.3) is 0 Å². The molecule has 1 heterocycles. The van der Waals surface area contributed by atoms with Crippen LogP contribution in [0.5, 0.6) is 0 Å². The largest absolute Gasteiger partial charge is 0.481 e. The van der Waals surface area contributed by atoms with Crippen LogP contribution in [-0.2, 0) is 35.2 Å². The average Bonchev–Trinajstić information content (AvgIpc) is 2.90. The van der Waals surface area contributed by atoms with E-state index in [1.54, 1.807) is 37.3 Å². The maximum Gasteiger partial charge on any atom is 0.305 e. The summed E-state index contributed by atoms with van der Waals surface area (Å²) < 4.78 is 0. The lowest BCUT2D eigenvalue weighted by molar-refractivity contribution is -0.141. The fourth-order valence-corrected chi connectivity index (χ4v) is 4.37. The maximum absolute atomic E-state index is 13.3. The monoisotopic (exact) mass is 558 g/mol. The number of aliphatic carboxylic acids is 1. The van der Waals surface area contributed by atoms with Crippen molar-refractivity contribution in [1.82, 2.24) is 21.3 Å². The molecule has 40 heavy (non-hydrogen) atoms. The second-order valence-corrected chi connectivity index (χ2v) is 9.79. The van der Waals surface area contributed by atoms with Crippen molar-refractivity contribution in [2.24, 2.45) is 11.7 Å². The molecule has 1 aliphatic rings. The van der Waals surface area contributed by atoms with Gasteiger partial charge in [-0.3, -0.25) is 34.2 Å². The molecule has 0 bridgehead atoms. The van der Waals surface area contributed by atoms with Gasteiger partial charge in [-0.2, -0.15) is 0 Å². The molecule has 0 spiro atoms. The van der Waals surface area contributed by atoms with E-state index < -0.39 is 66.6 Å². The Labute approximate surface area is 232 Å². The van der Waals surface area contributed by atoms with E-state index in [2.05, 4.69) is 21.3 Å². The predicted octanol–water partition coefficient (Wildman–Crippen LogP) is -0.230. The molecule has 0 aromatic heterocycles. The third-order valence-electron chi connectivity index (χ3n) is 6.55. The molecule has 0 unspecified atom stereocenters. The Bertz CT molecular complexity index is 1090. The molecule has 1 fully saturated rings. The number of carboxylic acid groups (broad SMARTS) is 1. The third kappa shape index (κ3) is 10.8. The first-order valence-electron chi connectivity index (χ1n) is 13.3. The van der Waals surface area contributed by atoms with Crippen molar-refractivity contribution in [3.8, 4) is 0 Å². The number of nitrogens with two attached hydrogens (primary N) is 1. The molecule has 1 saturated heterocycles. The molecule has 4 atom stereocenters. The number of amides is 4. The number of hydrogen-bond donors (Lipinski definition) is 7. The molecule has 0 radical (unpaired) electrons. The van der Waals surface area contributed by atoms with Crippen molar-refractivity contribution < 1.29 is 33.9 Å². The van der Waals surface area contributed by atoms with Crippen LogP contribution in [-0.4, -0.2) is 71.0 Å².